The molecule has 5 rings (SSSR count). The lowest BCUT2D eigenvalue weighted by Crippen LogP contribution is -2.26. The molecule has 10 nitrogen and oxygen atoms in total. The average molecular weight is 695 g/mol. The maximum atomic E-state index is 13.2. The number of carbonyl (C=O) groups is 2. The Balaban J connectivity index is 0.00000500. The molecule has 0 spiro atoms. The standard InChI is InChI=1S/C34H36ClN7O3S.ClH/c1-20-21(2)46-34-31(20)32(24-9-12-26(35)13-10-24)39-28(33-41-40-22(3)42(33)34)18-30(45)37-16-5-4-8-29(44)38-27-14-11-23(7-6-15-36)25(17-27)19-43;/h9-14,17,28,43H,4-5,8,15-16,18-19,36H2,1-3H3,(H,37,45)(H,38,44);1H/t28-;/m0./s1. The number of thiophene rings is 1. The van der Waals surface area contributed by atoms with E-state index in [9.17, 15) is 14.7 Å². The minimum Gasteiger partial charge on any atom is -0.392 e. The molecule has 3 heterocycles. The van der Waals surface area contributed by atoms with Gasteiger partial charge in [0.1, 0.15) is 16.9 Å². The number of fused-ring (bicyclic) bond motifs is 3. The van der Waals surface area contributed by atoms with Gasteiger partial charge < -0.3 is 21.5 Å². The highest BCUT2D eigenvalue weighted by atomic mass is 35.5. The summed E-state index contributed by atoms with van der Waals surface area (Å²) in [7, 11) is 0. The second kappa shape index (κ2) is 16.2. The first-order chi connectivity index (χ1) is 22.2. The first-order valence-corrected chi connectivity index (χ1v) is 16.2. The first-order valence-electron chi connectivity index (χ1n) is 15.1. The maximum Gasteiger partial charge on any atom is 0.224 e. The number of halogens is 2. The summed E-state index contributed by atoms with van der Waals surface area (Å²) in [6, 6.07) is 12.2. The lowest BCUT2D eigenvalue weighted by molar-refractivity contribution is -0.121. The molecule has 47 heavy (non-hydrogen) atoms. The Morgan fingerprint density at radius 2 is 1.85 bits per heavy atom. The second-order valence-electron chi connectivity index (χ2n) is 11.0. The van der Waals surface area contributed by atoms with Gasteiger partial charge in [-0.1, -0.05) is 35.6 Å². The Hall–Kier alpha value is -4.05. The molecule has 1 aliphatic rings. The number of aryl methyl sites for hydroxylation is 2. The van der Waals surface area contributed by atoms with E-state index in [1.54, 1.807) is 29.5 Å². The minimum atomic E-state index is -0.548. The summed E-state index contributed by atoms with van der Waals surface area (Å²) in [6.45, 7) is 6.54. The molecule has 2 amide bonds. The Morgan fingerprint density at radius 1 is 1.09 bits per heavy atom. The average Bonchev–Trinajstić information content (AvgIpc) is 3.52. The Labute approximate surface area is 289 Å². The van der Waals surface area contributed by atoms with Crippen LogP contribution in [0.2, 0.25) is 5.02 Å². The zero-order valence-corrected chi connectivity index (χ0v) is 28.8. The van der Waals surface area contributed by atoms with E-state index >= 15 is 0 Å². The molecule has 0 fully saturated rings. The largest absolute Gasteiger partial charge is 0.392 e. The SMILES string of the molecule is Cc1sc2c(c1C)C(c1ccc(Cl)cc1)=N[C@@H](CC(=O)NCCCCC(=O)Nc1ccc(C#CCN)c(CO)c1)c1nnc(C)n1-2.Cl. The number of amides is 2. The molecule has 5 N–H and O–H groups in total. The Bertz CT molecular complexity index is 1860. The number of carbonyl (C=O) groups excluding carboxylic acids is 2. The van der Waals surface area contributed by atoms with Crippen LogP contribution >= 0.6 is 35.3 Å². The third-order valence-electron chi connectivity index (χ3n) is 7.77. The van der Waals surface area contributed by atoms with Crippen molar-refractivity contribution >= 4 is 58.6 Å². The second-order valence-corrected chi connectivity index (χ2v) is 12.6. The van der Waals surface area contributed by atoms with E-state index in [4.69, 9.17) is 22.3 Å². The van der Waals surface area contributed by atoms with Crippen LogP contribution < -0.4 is 16.4 Å². The fraction of sp³-hybridized carbons (Fsp3) is 0.324. The van der Waals surface area contributed by atoms with Crippen LogP contribution in [-0.4, -0.2) is 50.5 Å². The van der Waals surface area contributed by atoms with Crippen molar-refractivity contribution in [3.05, 3.63) is 91.8 Å². The monoisotopic (exact) mass is 693 g/mol. The molecule has 4 aromatic rings. The molecular formula is C34H37Cl2N7O3S. The fourth-order valence-corrected chi connectivity index (χ4v) is 6.65. The number of nitrogens with two attached hydrogens (primary N) is 1. The van der Waals surface area contributed by atoms with E-state index in [1.165, 1.54) is 4.88 Å². The van der Waals surface area contributed by atoms with E-state index < -0.39 is 6.04 Å². The zero-order valence-electron chi connectivity index (χ0n) is 26.4. The molecule has 0 unspecified atom stereocenters. The first kappa shape index (κ1) is 35.8. The van der Waals surface area contributed by atoms with Crippen molar-refractivity contribution in [1.29, 1.82) is 0 Å². The molecule has 0 radical (unpaired) electrons. The van der Waals surface area contributed by atoms with Crippen molar-refractivity contribution in [2.75, 3.05) is 18.4 Å². The number of aliphatic hydroxyl groups excluding tert-OH is 1. The summed E-state index contributed by atoms with van der Waals surface area (Å²) in [5.74, 6) is 6.73. The number of unbranched alkanes of at least 4 members (excludes halogenated alkanes) is 1. The summed E-state index contributed by atoms with van der Waals surface area (Å²) < 4.78 is 2.02. The van der Waals surface area contributed by atoms with Crippen molar-refractivity contribution in [2.24, 2.45) is 10.7 Å². The van der Waals surface area contributed by atoms with Crippen LogP contribution in [0.5, 0.6) is 0 Å². The number of benzene rings is 2. The maximum absolute atomic E-state index is 13.2. The van der Waals surface area contributed by atoms with E-state index in [2.05, 4.69) is 46.5 Å². The number of hydrogen-bond acceptors (Lipinski definition) is 8. The van der Waals surface area contributed by atoms with Gasteiger partial charge in [-0.2, -0.15) is 0 Å². The van der Waals surface area contributed by atoms with Gasteiger partial charge in [0.05, 0.1) is 25.3 Å². The summed E-state index contributed by atoms with van der Waals surface area (Å²) in [4.78, 5) is 32.0. The normalized spacial score (nSPS) is 13.2. The topological polar surface area (TPSA) is 148 Å². The van der Waals surface area contributed by atoms with Crippen molar-refractivity contribution < 1.29 is 14.7 Å². The highest BCUT2D eigenvalue weighted by molar-refractivity contribution is 7.15. The van der Waals surface area contributed by atoms with Gasteiger partial charge in [0.2, 0.25) is 11.8 Å². The van der Waals surface area contributed by atoms with E-state index in [0.29, 0.717) is 53.5 Å². The number of rotatable bonds is 10. The number of nitrogens with zero attached hydrogens (tertiary/aromatic N) is 4. The van der Waals surface area contributed by atoms with Crippen LogP contribution in [0.25, 0.3) is 5.00 Å². The van der Waals surface area contributed by atoms with Crippen molar-refractivity contribution in [1.82, 2.24) is 20.1 Å². The molecule has 246 valence electrons. The molecule has 0 saturated heterocycles. The number of aliphatic imine (C=N–C) groups is 1. The quantitative estimate of drug-likeness (QED) is 0.130. The van der Waals surface area contributed by atoms with Gasteiger partial charge >= 0.3 is 0 Å². The third kappa shape index (κ3) is 8.27. The molecule has 0 aliphatic carbocycles. The Morgan fingerprint density at radius 3 is 2.57 bits per heavy atom. The van der Waals surface area contributed by atoms with E-state index in [1.807, 2.05) is 35.8 Å². The predicted octanol–water partition coefficient (Wildman–Crippen LogP) is 5.34. The van der Waals surface area contributed by atoms with Crippen LogP contribution in [0.1, 0.15) is 76.1 Å². The highest BCUT2D eigenvalue weighted by Crippen LogP contribution is 2.39. The summed E-state index contributed by atoms with van der Waals surface area (Å²) >= 11 is 7.86. The molecule has 2 aromatic heterocycles. The number of aliphatic hydroxyl groups is 1. The summed E-state index contributed by atoms with van der Waals surface area (Å²) in [6.07, 6.45) is 1.61. The van der Waals surface area contributed by atoms with Crippen LogP contribution in [0.3, 0.4) is 0 Å². The van der Waals surface area contributed by atoms with Crippen molar-refractivity contribution in [3.8, 4) is 16.8 Å². The number of nitrogens with one attached hydrogen (secondary N) is 2. The molecular weight excluding hydrogens is 657 g/mol. The van der Waals surface area contributed by atoms with Crippen molar-refractivity contribution in [2.45, 2.75) is 59.1 Å². The summed E-state index contributed by atoms with van der Waals surface area (Å²) in [5.41, 5.74) is 11.2. The molecule has 1 aliphatic heterocycles. The highest BCUT2D eigenvalue weighted by Gasteiger charge is 2.32. The van der Waals surface area contributed by atoms with Gasteiger partial charge in [-0.25, -0.2) is 0 Å². The number of hydrogen-bond donors (Lipinski definition) is 4. The van der Waals surface area contributed by atoms with Gasteiger partial charge in [-0.3, -0.25) is 19.1 Å². The van der Waals surface area contributed by atoms with Crippen LogP contribution in [0, 0.1) is 32.6 Å². The van der Waals surface area contributed by atoms with E-state index in [-0.39, 0.29) is 43.8 Å². The van der Waals surface area contributed by atoms with Gasteiger partial charge in [0, 0.05) is 45.2 Å². The smallest absolute Gasteiger partial charge is 0.224 e. The lowest BCUT2D eigenvalue weighted by atomic mass is 9.99. The molecule has 13 heteroatoms. The molecule has 0 bridgehead atoms. The number of aromatic nitrogens is 3. The van der Waals surface area contributed by atoms with Gasteiger partial charge in [0.25, 0.3) is 0 Å². The van der Waals surface area contributed by atoms with Gasteiger partial charge in [-0.15, -0.1) is 33.9 Å². The number of anilines is 1. The third-order valence-corrected chi connectivity index (χ3v) is 9.22. The fourth-order valence-electron chi connectivity index (χ4n) is 5.31. The van der Waals surface area contributed by atoms with Gasteiger partial charge in [-0.05, 0) is 75.1 Å². The predicted molar refractivity (Wildman–Crippen MR) is 189 cm³/mol. The summed E-state index contributed by atoms with van der Waals surface area (Å²) in [5, 5.41) is 25.9. The van der Waals surface area contributed by atoms with Gasteiger partial charge in [0.15, 0.2) is 5.82 Å². The molecule has 2 aromatic carbocycles. The van der Waals surface area contributed by atoms with E-state index in [0.717, 1.165) is 33.2 Å². The van der Waals surface area contributed by atoms with Crippen LogP contribution in [0.4, 0.5) is 5.69 Å². The minimum absolute atomic E-state index is 0. The molecule has 0 saturated carbocycles. The van der Waals surface area contributed by atoms with Crippen LogP contribution in [-0.2, 0) is 16.2 Å². The van der Waals surface area contributed by atoms with Crippen LogP contribution in [0.15, 0.2) is 47.5 Å². The Kier molecular flexibility index (Phi) is 12.3. The lowest BCUT2D eigenvalue weighted by Gasteiger charge is -2.13. The molecule has 1 atom stereocenters. The van der Waals surface area contributed by atoms with Crippen molar-refractivity contribution in [3.63, 3.8) is 0 Å². The zero-order chi connectivity index (χ0) is 32.8.